The molecular formula is C27H24N4O4S2. The minimum atomic E-state index is -0.494. The second-order valence-corrected chi connectivity index (χ2v) is 10.3. The molecule has 0 spiro atoms. The molecule has 3 aromatic rings. The third-order valence-corrected chi connectivity index (χ3v) is 8.43. The molecule has 1 aromatic heterocycles. The molecule has 188 valence electrons. The Morgan fingerprint density at radius 2 is 1.84 bits per heavy atom. The summed E-state index contributed by atoms with van der Waals surface area (Å²) < 4.78 is 7.61. The van der Waals surface area contributed by atoms with Crippen LogP contribution in [0.1, 0.15) is 13.3 Å². The molecule has 0 radical (unpaired) electrons. The van der Waals surface area contributed by atoms with Crippen LogP contribution in [0.15, 0.2) is 82.0 Å². The lowest BCUT2D eigenvalue weighted by Gasteiger charge is -2.11. The van der Waals surface area contributed by atoms with Gasteiger partial charge < -0.3 is 9.64 Å². The molecule has 2 aromatic carbocycles. The zero-order valence-electron chi connectivity index (χ0n) is 20.3. The van der Waals surface area contributed by atoms with Crippen molar-refractivity contribution in [2.75, 3.05) is 23.6 Å². The van der Waals surface area contributed by atoms with E-state index in [-0.39, 0.29) is 36.4 Å². The van der Waals surface area contributed by atoms with Crippen LogP contribution in [0, 0.1) is 0 Å². The first-order chi connectivity index (χ1) is 17.9. The van der Waals surface area contributed by atoms with E-state index in [1.54, 1.807) is 37.3 Å². The number of rotatable bonds is 6. The van der Waals surface area contributed by atoms with Crippen molar-refractivity contribution < 1.29 is 14.3 Å². The number of allylic oxidation sites excluding steroid dienone is 1. The second kappa shape index (κ2) is 10.2. The van der Waals surface area contributed by atoms with Gasteiger partial charge in [-0.1, -0.05) is 48.2 Å². The van der Waals surface area contributed by atoms with E-state index in [1.165, 1.54) is 32.7 Å². The molecule has 0 saturated heterocycles. The van der Waals surface area contributed by atoms with E-state index < -0.39 is 11.9 Å². The van der Waals surface area contributed by atoms with E-state index in [0.29, 0.717) is 14.9 Å². The van der Waals surface area contributed by atoms with Crippen LogP contribution in [-0.2, 0) is 20.9 Å². The number of fused-ring (bicyclic) bond motifs is 1. The molecule has 8 nitrogen and oxygen atoms in total. The molecule has 3 heterocycles. The fourth-order valence-corrected chi connectivity index (χ4v) is 6.72. The van der Waals surface area contributed by atoms with Gasteiger partial charge in [-0.2, -0.15) is 10.1 Å². The first kappa shape index (κ1) is 24.8. The summed E-state index contributed by atoms with van der Waals surface area (Å²) in [6, 6.07) is 16.9. The Labute approximate surface area is 221 Å². The number of thiazole rings is 1. The highest BCUT2D eigenvalue weighted by Crippen LogP contribution is 2.44. The first-order valence-corrected chi connectivity index (χ1v) is 13.3. The molecule has 0 fully saturated rings. The number of esters is 1. The van der Waals surface area contributed by atoms with Crippen LogP contribution in [0.3, 0.4) is 0 Å². The highest BCUT2D eigenvalue weighted by atomic mass is 32.2. The minimum absolute atomic E-state index is 0.190. The summed E-state index contributed by atoms with van der Waals surface area (Å²) in [4.78, 5) is 42.9. The van der Waals surface area contributed by atoms with Gasteiger partial charge in [-0.25, -0.2) is 0 Å². The average Bonchev–Trinajstić information content (AvgIpc) is 3.51. The van der Waals surface area contributed by atoms with Crippen LogP contribution in [0.4, 0.5) is 11.4 Å². The number of benzene rings is 2. The molecule has 0 saturated carbocycles. The number of hydrazone groups is 1. The summed E-state index contributed by atoms with van der Waals surface area (Å²) in [6.45, 7) is 5.94. The Kier molecular flexibility index (Phi) is 6.86. The SMILES string of the molecule is C=CCn1c(=C2C(=O)N(c3ccccc3)N=C2CC(=O)OCC)s/c(=C2\Sc3ccccc3N2C)c1=O. The topological polar surface area (TPSA) is 84.2 Å². The van der Waals surface area contributed by atoms with Crippen LogP contribution in [-0.4, -0.2) is 35.8 Å². The summed E-state index contributed by atoms with van der Waals surface area (Å²) >= 11 is 2.74. The lowest BCUT2D eigenvalue weighted by atomic mass is 10.1. The van der Waals surface area contributed by atoms with Gasteiger partial charge in [-0.15, -0.1) is 17.9 Å². The molecule has 2 aliphatic heterocycles. The molecule has 0 unspecified atom stereocenters. The van der Waals surface area contributed by atoms with Crippen LogP contribution in [0.2, 0.25) is 0 Å². The summed E-state index contributed by atoms with van der Waals surface area (Å²) in [5, 5.41) is 6.57. The number of carbonyl (C=O) groups excluding carboxylic acids is 2. The Balaban J connectivity index is 1.75. The van der Waals surface area contributed by atoms with Crippen molar-refractivity contribution in [1.29, 1.82) is 0 Å². The number of carbonyl (C=O) groups is 2. The standard InChI is InChI=1S/C27H24N4O4S2/c1-4-15-30-25(34)23(27-29(3)19-13-9-10-14-20(19)36-27)37-26(30)22-18(16-21(32)35-5-2)28-31(24(22)33)17-11-7-6-8-12-17/h4,6-14H,1,5,15-16H2,2-3H3/b26-22?,27-23-. The van der Waals surface area contributed by atoms with Gasteiger partial charge >= 0.3 is 5.97 Å². The van der Waals surface area contributed by atoms with Gasteiger partial charge in [0.1, 0.15) is 14.2 Å². The van der Waals surface area contributed by atoms with Crippen LogP contribution in [0.25, 0.3) is 10.6 Å². The van der Waals surface area contributed by atoms with E-state index in [2.05, 4.69) is 11.7 Å². The maximum atomic E-state index is 13.8. The number of amides is 1. The number of para-hydroxylation sites is 2. The first-order valence-electron chi connectivity index (χ1n) is 11.7. The molecular weight excluding hydrogens is 508 g/mol. The van der Waals surface area contributed by atoms with Crippen molar-refractivity contribution in [3.05, 3.63) is 86.8 Å². The molecule has 2 aliphatic rings. The van der Waals surface area contributed by atoms with Crippen molar-refractivity contribution in [2.45, 2.75) is 24.8 Å². The Morgan fingerprint density at radius 1 is 1.11 bits per heavy atom. The van der Waals surface area contributed by atoms with Crippen LogP contribution < -0.4 is 24.7 Å². The molecule has 0 bridgehead atoms. The van der Waals surface area contributed by atoms with Gasteiger partial charge in [0.25, 0.3) is 11.5 Å². The van der Waals surface area contributed by atoms with Gasteiger partial charge in [-0.05, 0) is 31.2 Å². The molecule has 5 rings (SSSR count). The quantitative estimate of drug-likeness (QED) is 0.359. The summed E-state index contributed by atoms with van der Waals surface area (Å²) in [5.74, 6) is -0.899. The Bertz CT molecular complexity index is 1620. The number of anilines is 2. The summed E-state index contributed by atoms with van der Waals surface area (Å²) in [5.41, 5.74) is 1.83. The van der Waals surface area contributed by atoms with E-state index in [1.807, 2.05) is 42.3 Å². The van der Waals surface area contributed by atoms with Gasteiger partial charge in [0.05, 0.1) is 35.7 Å². The molecule has 37 heavy (non-hydrogen) atoms. The van der Waals surface area contributed by atoms with E-state index in [4.69, 9.17) is 4.74 Å². The fraction of sp³-hybridized carbons (Fsp3) is 0.185. The number of hydrogen-bond acceptors (Lipinski definition) is 8. The number of nitrogens with zero attached hydrogens (tertiary/aromatic N) is 4. The van der Waals surface area contributed by atoms with Gasteiger partial charge in [0.15, 0.2) is 0 Å². The third-order valence-electron chi connectivity index (χ3n) is 5.87. The Morgan fingerprint density at radius 3 is 2.54 bits per heavy atom. The molecule has 1 amide bonds. The van der Waals surface area contributed by atoms with E-state index >= 15 is 0 Å². The fourth-order valence-electron chi connectivity index (χ4n) is 4.20. The van der Waals surface area contributed by atoms with E-state index in [9.17, 15) is 14.4 Å². The van der Waals surface area contributed by atoms with Gasteiger partial charge in [0.2, 0.25) is 0 Å². The lowest BCUT2D eigenvalue weighted by Crippen LogP contribution is -2.35. The molecule has 0 N–H and O–H groups in total. The zero-order valence-corrected chi connectivity index (χ0v) is 22.0. The normalized spacial score (nSPS) is 17.7. The Hall–Kier alpha value is -3.89. The van der Waals surface area contributed by atoms with E-state index in [0.717, 1.165) is 15.6 Å². The molecule has 10 heteroatoms. The number of aromatic nitrogens is 1. The highest BCUT2D eigenvalue weighted by Gasteiger charge is 2.35. The summed E-state index contributed by atoms with van der Waals surface area (Å²) in [6.07, 6.45) is 1.42. The molecule has 0 aliphatic carbocycles. The second-order valence-electron chi connectivity index (χ2n) is 8.23. The highest BCUT2D eigenvalue weighted by molar-refractivity contribution is 8.08. The van der Waals surface area contributed by atoms with Crippen molar-refractivity contribution in [3.8, 4) is 0 Å². The predicted octanol–water partition coefficient (Wildman–Crippen LogP) is 2.91. The van der Waals surface area contributed by atoms with Crippen molar-refractivity contribution in [1.82, 2.24) is 4.57 Å². The largest absolute Gasteiger partial charge is 0.466 e. The number of thioether (sulfide) groups is 1. The number of hydrogen-bond donors (Lipinski definition) is 0. The van der Waals surface area contributed by atoms with Gasteiger partial charge in [-0.3, -0.25) is 19.0 Å². The van der Waals surface area contributed by atoms with Crippen molar-refractivity contribution in [3.63, 3.8) is 0 Å². The smallest absolute Gasteiger partial charge is 0.311 e. The van der Waals surface area contributed by atoms with Crippen molar-refractivity contribution >= 4 is 62.7 Å². The van der Waals surface area contributed by atoms with Crippen LogP contribution >= 0.6 is 23.1 Å². The monoisotopic (exact) mass is 532 g/mol. The van der Waals surface area contributed by atoms with Crippen molar-refractivity contribution in [2.24, 2.45) is 5.10 Å². The van der Waals surface area contributed by atoms with Crippen LogP contribution in [0.5, 0.6) is 0 Å². The van der Waals surface area contributed by atoms with Gasteiger partial charge in [0, 0.05) is 18.5 Å². The third kappa shape index (κ3) is 4.42. The molecule has 0 atom stereocenters. The average molecular weight is 533 g/mol. The summed E-state index contributed by atoms with van der Waals surface area (Å²) in [7, 11) is 1.92. The maximum absolute atomic E-state index is 13.8. The lowest BCUT2D eigenvalue weighted by molar-refractivity contribution is -0.141. The minimum Gasteiger partial charge on any atom is -0.466 e. The predicted molar refractivity (Wildman–Crippen MR) is 148 cm³/mol. The zero-order chi connectivity index (χ0) is 26.1. The number of ether oxygens (including phenoxy) is 1. The maximum Gasteiger partial charge on any atom is 0.311 e.